The first-order chi connectivity index (χ1) is 9.82. The molecule has 0 spiro atoms. The van der Waals surface area contributed by atoms with Crippen LogP contribution in [0.4, 0.5) is 10.1 Å². The van der Waals surface area contributed by atoms with Crippen molar-refractivity contribution in [3.63, 3.8) is 0 Å². The summed E-state index contributed by atoms with van der Waals surface area (Å²) >= 11 is 0. The minimum atomic E-state index is -3.71. The minimum Gasteiger partial charge on any atom is -0.396 e. The average molecular weight is 308 g/mol. The molecule has 0 atom stereocenters. The molecule has 2 aromatic carbocycles. The van der Waals surface area contributed by atoms with Gasteiger partial charge >= 0.3 is 0 Å². The third-order valence-corrected chi connectivity index (χ3v) is 4.99. The molecule has 0 amide bonds. The van der Waals surface area contributed by atoms with E-state index in [0.29, 0.717) is 0 Å². The van der Waals surface area contributed by atoms with Gasteiger partial charge in [0, 0.05) is 13.6 Å². The van der Waals surface area contributed by atoms with Crippen molar-refractivity contribution in [3.05, 3.63) is 59.4 Å². The van der Waals surface area contributed by atoms with Crippen molar-refractivity contribution in [2.45, 2.75) is 18.4 Å². The Morgan fingerprint density at radius 3 is 2.38 bits per heavy atom. The number of anilines is 1. The van der Waals surface area contributed by atoms with E-state index in [0.717, 1.165) is 11.6 Å². The van der Waals surface area contributed by atoms with Gasteiger partial charge < -0.3 is 5.73 Å². The first-order valence-electron chi connectivity index (χ1n) is 6.38. The number of sulfonamides is 1. The van der Waals surface area contributed by atoms with Gasteiger partial charge in [-0.1, -0.05) is 30.3 Å². The highest BCUT2D eigenvalue weighted by molar-refractivity contribution is 7.89. The van der Waals surface area contributed by atoms with Crippen LogP contribution in [0.2, 0.25) is 0 Å². The van der Waals surface area contributed by atoms with Crippen LogP contribution in [0.25, 0.3) is 0 Å². The maximum absolute atomic E-state index is 13.5. The van der Waals surface area contributed by atoms with Gasteiger partial charge in [-0.15, -0.1) is 0 Å². The molecule has 0 unspecified atom stereocenters. The lowest BCUT2D eigenvalue weighted by atomic mass is 10.2. The number of halogens is 1. The fraction of sp³-hybridized carbons (Fsp3) is 0.200. The van der Waals surface area contributed by atoms with E-state index in [9.17, 15) is 12.8 Å². The van der Waals surface area contributed by atoms with E-state index < -0.39 is 15.8 Å². The maximum Gasteiger partial charge on any atom is 0.243 e. The zero-order valence-corrected chi connectivity index (χ0v) is 12.7. The summed E-state index contributed by atoms with van der Waals surface area (Å²) < 4.78 is 39.7. The molecule has 0 radical (unpaired) electrons. The first-order valence-corrected chi connectivity index (χ1v) is 7.82. The van der Waals surface area contributed by atoms with Crippen LogP contribution >= 0.6 is 0 Å². The highest BCUT2D eigenvalue weighted by Gasteiger charge is 2.22. The van der Waals surface area contributed by atoms with Gasteiger partial charge in [0.15, 0.2) is 0 Å². The zero-order valence-electron chi connectivity index (χ0n) is 11.9. The van der Waals surface area contributed by atoms with E-state index in [1.54, 1.807) is 0 Å². The zero-order chi connectivity index (χ0) is 15.6. The lowest BCUT2D eigenvalue weighted by molar-refractivity contribution is 0.466. The van der Waals surface area contributed by atoms with Crippen molar-refractivity contribution in [1.29, 1.82) is 0 Å². The molecule has 0 heterocycles. The highest BCUT2D eigenvalue weighted by atomic mass is 32.2. The molecule has 2 rings (SSSR count). The molecule has 0 aliphatic heterocycles. The van der Waals surface area contributed by atoms with E-state index in [-0.39, 0.29) is 22.7 Å². The molecule has 112 valence electrons. The summed E-state index contributed by atoms with van der Waals surface area (Å²) in [6.45, 7) is 1.72. The number of nitrogens with zero attached hydrogens (tertiary/aromatic N) is 1. The van der Waals surface area contributed by atoms with Gasteiger partial charge in [0.1, 0.15) is 5.82 Å². The van der Waals surface area contributed by atoms with Crippen molar-refractivity contribution in [3.8, 4) is 0 Å². The number of nitrogens with two attached hydrogens (primary N) is 1. The number of nitrogen functional groups attached to an aromatic ring is 1. The summed E-state index contributed by atoms with van der Waals surface area (Å²) in [5.41, 5.74) is 6.43. The molecule has 0 aromatic heterocycles. The quantitative estimate of drug-likeness (QED) is 0.883. The van der Waals surface area contributed by atoms with Crippen molar-refractivity contribution in [2.24, 2.45) is 0 Å². The topological polar surface area (TPSA) is 63.4 Å². The summed E-state index contributed by atoms with van der Waals surface area (Å²) in [7, 11) is -2.23. The van der Waals surface area contributed by atoms with Gasteiger partial charge in [-0.3, -0.25) is 0 Å². The average Bonchev–Trinajstić information content (AvgIpc) is 2.45. The van der Waals surface area contributed by atoms with Crippen LogP contribution in [0.15, 0.2) is 47.4 Å². The fourth-order valence-corrected chi connectivity index (χ4v) is 3.30. The third kappa shape index (κ3) is 3.22. The minimum absolute atomic E-state index is 0.00247. The van der Waals surface area contributed by atoms with Crippen LogP contribution in [-0.4, -0.2) is 19.8 Å². The molecule has 0 aliphatic carbocycles. The number of aryl methyl sites for hydroxylation is 1. The van der Waals surface area contributed by atoms with E-state index in [2.05, 4.69) is 0 Å². The fourth-order valence-electron chi connectivity index (χ4n) is 2.02. The molecule has 2 N–H and O–H groups in total. The van der Waals surface area contributed by atoms with Gasteiger partial charge in [0.05, 0.1) is 10.6 Å². The molecule has 2 aromatic rings. The Hall–Kier alpha value is -1.92. The molecule has 4 nitrogen and oxygen atoms in total. The second-order valence-electron chi connectivity index (χ2n) is 4.89. The Morgan fingerprint density at radius 1 is 1.19 bits per heavy atom. The summed E-state index contributed by atoms with van der Waals surface area (Å²) in [6, 6.07) is 11.7. The number of benzene rings is 2. The molecule has 0 saturated carbocycles. The summed E-state index contributed by atoms with van der Waals surface area (Å²) in [6.07, 6.45) is 0. The molecule has 0 saturated heterocycles. The predicted molar refractivity (Wildman–Crippen MR) is 80.6 cm³/mol. The Labute approximate surface area is 124 Å². The van der Waals surface area contributed by atoms with Crippen LogP contribution in [0.3, 0.4) is 0 Å². The van der Waals surface area contributed by atoms with Crippen LogP contribution < -0.4 is 5.73 Å². The number of rotatable bonds is 4. The Bertz CT molecular complexity index is 723. The van der Waals surface area contributed by atoms with Gasteiger partial charge in [0.25, 0.3) is 0 Å². The molecule has 0 bridgehead atoms. The maximum atomic E-state index is 13.5. The SMILES string of the molecule is Cc1cc(S(=O)(=O)N(C)Cc2ccccc2)cc(N)c1F. The van der Waals surface area contributed by atoms with Crippen LogP contribution in [0, 0.1) is 12.7 Å². The van der Waals surface area contributed by atoms with Gasteiger partial charge in [-0.25, -0.2) is 12.8 Å². The van der Waals surface area contributed by atoms with Crippen molar-refractivity contribution in [2.75, 3.05) is 12.8 Å². The summed E-state index contributed by atoms with van der Waals surface area (Å²) in [5, 5.41) is 0. The summed E-state index contributed by atoms with van der Waals surface area (Å²) in [4.78, 5) is -0.00247. The lowest BCUT2D eigenvalue weighted by Crippen LogP contribution is -2.26. The number of hydrogen-bond acceptors (Lipinski definition) is 3. The molecule has 21 heavy (non-hydrogen) atoms. The standard InChI is InChI=1S/C15H17FN2O2S/c1-11-8-13(9-14(17)15(11)16)21(19,20)18(2)10-12-6-4-3-5-7-12/h3-9H,10,17H2,1-2H3. The van der Waals surface area contributed by atoms with Crippen LogP contribution in [0.5, 0.6) is 0 Å². The van der Waals surface area contributed by atoms with Crippen molar-refractivity contribution in [1.82, 2.24) is 4.31 Å². The molecular formula is C15H17FN2O2S. The van der Waals surface area contributed by atoms with E-state index in [4.69, 9.17) is 5.73 Å². The Kier molecular flexibility index (Phi) is 4.29. The van der Waals surface area contributed by atoms with E-state index in [1.807, 2.05) is 30.3 Å². The first kappa shape index (κ1) is 15.5. The van der Waals surface area contributed by atoms with Crippen molar-refractivity contribution >= 4 is 15.7 Å². The van der Waals surface area contributed by atoms with Crippen LogP contribution in [0.1, 0.15) is 11.1 Å². The van der Waals surface area contributed by atoms with Gasteiger partial charge in [-0.2, -0.15) is 4.31 Å². The second kappa shape index (κ2) is 5.83. The highest BCUT2D eigenvalue weighted by Crippen LogP contribution is 2.23. The smallest absolute Gasteiger partial charge is 0.243 e. The number of hydrogen-bond donors (Lipinski definition) is 1. The Balaban J connectivity index is 2.33. The molecule has 0 fully saturated rings. The van der Waals surface area contributed by atoms with Gasteiger partial charge in [0.2, 0.25) is 10.0 Å². The van der Waals surface area contributed by atoms with Crippen molar-refractivity contribution < 1.29 is 12.8 Å². The Morgan fingerprint density at radius 2 is 1.81 bits per heavy atom. The molecule has 0 aliphatic rings. The van der Waals surface area contributed by atoms with Gasteiger partial charge in [-0.05, 0) is 30.2 Å². The summed E-state index contributed by atoms with van der Waals surface area (Å²) in [5.74, 6) is -0.584. The van der Waals surface area contributed by atoms with Crippen LogP contribution in [-0.2, 0) is 16.6 Å². The molecular weight excluding hydrogens is 291 g/mol. The second-order valence-corrected chi connectivity index (χ2v) is 6.93. The molecule has 6 heteroatoms. The van der Waals surface area contributed by atoms with E-state index in [1.165, 1.54) is 24.3 Å². The monoisotopic (exact) mass is 308 g/mol. The van der Waals surface area contributed by atoms with E-state index >= 15 is 0 Å². The predicted octanol–water partition coefficient (Wildman–Crippen LogP) is 2.54. The lowest BCUT2D eigenvalue weighted by Gasteiger charge is -2.18. The third-order valence-electron chi connectivity index (χ3n) is 3.21. The largest absolute Gasteiger partial charge is 0.396 e. The normalized spacial score (nSPS) is 11.8.